The van der Waals surface area contributed by atoms with E-state index in [0.717, 1.165) is 12.1 Å². The quantitative estimate of drug-likeness (QED) is 0.356. The monoisotopic (exact) mass is 479 g/mol. The zero-order valence-corrected chi connectivity index (χ0v) is 16.2. The van der Waals surface area contributed by atoms with Gasteiger partial charge in [0.25, 0.3) is 5.91 Å². The molecule has 0 radical (unpaired) electrons. The Morgan fingerprint density at radius 3 is 2.18 bits per heavy atom. The molecule has 1 atom stereocenters. The molecule has 33 heavy (non-hydrogen) atoms. The Balaban J connectivity index is 0.000000479. The van der Waals surface area contributed by atoms with Gasteiger partial charge < -0.3 is 20.5 Å². The van der Waals surface area contributed by atoms with Crippen molar-refractivity contribution in [2.24, 2.45) is 0 Å². The number of H-pyrrole nitrogens is 2. The van der Waals surface area contributed by atoms with E-state index < -0.39 is 35.9 Å². The second-order valence-electron chi connectivity index (χ2n) is 6.33. The van der Waals surface area contributed by atoms with Crippen LogP contribution in [0.25, 0.3) is 11.3 Å². The Kier molecular flexibility index (Phi) is 7.81. The van der Waals surface area contributed by atoms with Crippen LogP contribution in [0.5, 0.6) is 0 Å². The summed E-state index contributed by atoms with van der Waals surface area (Å²) in [6, 6.07) is 5.98. The van der Waals surface area contributed by atoms with Gasteiger partial charge in [-0.3, -0.25) is 9.89 Å². The maximum Gasteiger partial charge on any atom is 0.490 e. The summed E-state index contributed by atoms with van der Waals surface area (Å²) >= 11 is 0. The summed E-state index contributed by atoms with van der Waals surface area (Å²) in [5.41, 5.74) is 0.748. The number of benzene rings is 1. The molecule has 0 saturated carbocycles. The van der Waals surface area contributed by atoms with Crippen LogP contribution in [0.1, 0.15) is 11.3 Å². The maximum absolute atomic E-state index is 12.6. The number of alkyl halides is 6. The minimum absolute atomic E-state index is 0.0576. The molecule has 0 unspecified atom stereocenters. The van der Waals surface area contributed by atoms with E-state index in [1.54, 1.807) is 0 Å². The Morgan fingerprint density at radius 2 is 1.70 bits per heavy atom. The summed E-state index contributed by atoms with van der Waals surface area (Å²) in [5.74, 6) is -3.27. The number of aromatic amines is 2. The van der Waals surface area contributed by atoms with Gasteiger partial charge in [0.05, 0.1) is 17.6 Å². The molecule has 3 aromatic rings. The van der Waals surface area contributed by atoms with Crippen molar-refractivity contribution < 1.29 is 46.1 Å². The number of hydrogen-bond donors (Lipinski definition) is 5. The minimum Gasteiger partial charge on any atom is -0.475 e. The van der Waals surface area contributed by atoms with Crippen molar-refractivity contribution in [1.82, 2.24) is 20.2 Å². The smallest absolute Gasteiger partial charge is 0.475 e. The van der Waals surface area contributed by atoms with Crippen molar-refractivity contribution in [2.45, 2.75) is 24.9 Å². The topological polar surface area (TPSA) is 144 Å². The molecule has 2 aromatic heterocycles. The SMILES string of the molecule is O=C(Nc1cc(-c2ccc(C(F)(F)F)cc2)[nH]n1)[C@@H](O)Cc1cnc[nH]1.O=C(O)C(F)(F)F. The molecular formula is C18H15F6N5O4. The summed E-state index contributed by atoms with van der Waals surface area (Å²) in [5, 5.41) is 25.9. The fraction of sp³-hybridized carbons (Fsp3) is 0.222. The lowest BCUT2D eigenvalue weighted by molar-refractivity contribution is -0.192. The minimum atomic E-state index is -5.08. The number of carboxylic acid groups (broad SMARTS) is 1. The van der Waals surface area contributed by atoms with Gasteiger partial charge in [-0.15, -0.1) is 0 Å². The highest BCUT2D eigenvalue weighted by Crippen LogP contribution is 2.30. The number of aliphatic hydroxyl groups is 1. The fourth-order valence-electron chi connectivity index (χ4n) is 2.28. The second kappa shape index (κ2) is 10.2. The highest BCUT2D eigenvalue weighted by Gasteiger charge is 2.38. The van der Waals surface area contributed by atoms with Gasteiger partial charge in [-0.1, -0.05) is 12.1 Å². The number of carboxylic acids is 1. The number of anilines is 1. The van der Waals surface area contributed by atoms with Crippen LogP contribution in [0, 0.1) is 0 Å². The van der Waals surface area contributed by atoms with Gasteiger partial charge in [-0.2, -0.15) is 31.4 Å². The molecule has 5 N–H and O–H groups in total. The van der Waals surface area contributed by atoms with Crippen LogP contribution >= 0.6 is 0 Å². The molecule has 0 saturated heterocycles. The molecule has 1 amide bonds. The Labute approximate surface area is 180 Å². The molecule has 0 aliphatic heterocycles. The summed E-state index contributed by atoms with van der Waals surface area (Å²) in [7, 11) is 0. The molecule has 15 heteroatoms. The van der Waals surface area contributed by atoms with Gasteiger partial charge in [0.1, 0.15) is 6.10 Å². The molecule has 3 rings (SSSR count). The van der Waals surface area contributed by atoms with Crippen molar-refractivity contribution in [1.29, 1.82) is 0 Å². The molecule has 0 spiro atoms. The van der Waals surface area contributed by atoms with Gasteiger partial charge in [0, 0.05) is 24.4 Å². The first-order valence-corrected chi connectivity index (χ1v) is 8.76. The van der Waals surface area contributed by atoms with Crippen molar-refractivity contribution in [3.8, 4) is 11.3 Å². The number of nitrogens with zero attached hydrogens (tertiary/aromatic N) is 2. The Morgan fingerprint density at radius 1 is 1.09 bits per heavy atom. The van der Waals surface area contributed by atoms with Crippen molar-refractivity contribution in [2.75, 3.05) is 5.32 Å². The lowest BCUT2D eigenvalue weighted by atomic mass is 10.1. The lowest BCUT2D eigenvalue weighted by Crippen LogP contribution is -2.29. The van der Waals surface area contributed by atoms with E-state index in [2.05, 4.69) is 25.5 Å². The van der Waals surface area contributed by atoms with E-state index in [-0.39, 0.29) is 12.2 Å². The number of aliphatic hydroxyl groups excluding tert-OH is 1. The molecule has 0 fully saturated rings. The number of halogens is 6. The molecule has 2 heterocycles. The highest BCUT2D eigenvalue weighted by atomic mass is 19.4. The summed E-state index contributed by atoms with van der Waals surface area (Å²) in [6.07, 6.45) is -7.81. The van der Waals surface area contributed by atoms with Gasteiger partial charge in [0.2, 0.25) is 0 Å². The van der Waals surface area contributed by atoms with Crippen molar-refractivity contribution in [3.05, 3.63) is 54.1 Å². The van der Waals surface area contributed by atoms with Crippen LogP contribution in [0.3, 0.4) is 0 Å². The lowest BCUT2D eigenvalue weighted by Gasteiger charge is -2.08. The van der Waals surface area contributed by atoms with Gasteiger partial charge >= 0.3 is 18.3 Å². The van der Waals surface area contributed by atoms with Gasteiger partial charge in [-0.05, 0) is 17.7 Å². The number of aliphatic carboxylic acids is 1. The van der Waals surface area contributed by atoms with Crippen LogP contribution in [0.15, 0.2) is 42.9 Å². The molecule has 1 aromatic carbocycles. The average molecular weight is 479 g/mol. The van der Waals surface area contributed by atoms with Crippen LogP contribution in [0.2, 0.25) is 0 Å². The zero-order chi connectivity index (χ0) is 24.8. The number of aromatic nitrogens is 4. The van der Waals surface area contributed by atoms with E-state index in [1.165, 1.54) is 30.7 Å². The normalized spacial score (nSPS) is 12.5. The third-order valence-electron chi connectivity index (χ3n) is 3.87. The third kappa shape index (κ3) is 7.64. The van der Waals surface area contributed by atoms with Crippen molar-refractivity contribution >= 4 is 17.7 Å². The van der Waals surface area contributed by atoms with Crippen LogP contribution in [-0.4, -0.2) is 54.5 Å². The first-order chi connectivity index (χ1) is 15.3. The van der Waals surface area contributed by atoms with Crippen LogP contribution in [-0.2, 0) is 22.2 Å². The van der Waals surface area contributed by atoms with Gasteiger partial charge in [0.15, 0.2) is 5.82 Å². The number of hydrogen-bond acceptors (Lipinski definition) is 5. The highest BCUT2D eigenvalue weighted by molar-refractivity contribution is 5.93. The predicted octanol–water partition coefficient (Wildman–Crippen LogP) is 2.99. The largest absolute Gasteiger partial charge is 0.490 e. The molecule has 9 nitrogen and oxygen atoms in total. The molecule has 178 valence electrons. The standard InChI is InChI=1S/C16H14F3N5O2.C2HF3O2/c17-16(18,19)10-3-1-9(2-4-10)12-6-14(24-23-12)22-15(26)13(25)5-11-7-20-8-21-11;3-2(4,5)1(6)7/h1-4,6-8,13,25H,5H2,(H,20,21)(H2,22,23,24,26);(H,6,7)/t13-;/m0./s1. The summed E-state index contributed by atoms with van der Waals surface area (Å²) < 4.78 is 69.5. The van der Waals surface area contributed by atoms with Crippen LogP contribution in [0.4, 0.5) is 32.2 Å². The number of carbonyl (C=O) groups excluding carboxylic acids is 1. The van der Waals surface area contributed by atoms with E-state index in [0.29, 0.717) is 17.0 Å². The number of amides is 1. The zero-order valence-electron chi connectivity index (χ0n) is 16.2. The predicted molar refractivity (Wildman–Crippen MR) is 99.6 cm³/mol. The Hall–Kier alpha value is -3.88. The molecular weight excluding hydrogens is 464 g/mol. The number of carbonyl (C=O) groups is 2. The molecule has 0 aliphatic rings. The average Bonchev–Trinajstić information content (AvgIpc) is 3.39. The second-order valence-corrected chi connectivity index (χ2v) is 6.33. The summed E-state index contributed by atoms with van der Waals surface area (Å²) in [4.78, 5) is 27.4. The maximum atomic E-state index is 12.6. The van der Waals surface area contributed by atoms with E-state index in [4.69, 9.17) is 9.90 Å². The van der Waals surface area contributed by atoms with Crippen LogP contribution < -0.4 is 5.32 Å². The first kappa shape index (κ1) is 25.4. The van der Waals surface area contributed by atoms with E-state index >= 15 is 0 Å². The van der Waals surface area contributed by atoms with Crippen molar-refractivity contribution in [3.63, 3.8) is 0 Å². The van der Waals surface area contributed by atoms with E-state index in [1.807, 2.05) is 0 Å². The Bertz CT molecular complexity index is 1060. The number of imidazole rings is 1. The van der Waals surface area contributed by atoms with E-state index in [9.17, 15) is 36.2 Å². The van der Waals surface area contributed by atoms with Gasteiger partial charge in [-0.25, -0.2) is 9.78 Å². The fourth-order valence-corrected chi connectivity index (χ4v) is 2.28. The number of rotatable bonds is 5. The number of nitrogens with one attached hydrogen (secondary N) is 3. The molecule has 0 aliphatic carbocycles. The third-order valence-corrected chi connectivity index (χ3v) is 3.87. The first-order valence-electron chi connectivity index (χ1n) is 8.76. The molecule has 0 bridgehead atoms. The summed E-state index contributed by atoms with van der Waals surface area (Å²) in [6.45, 7) is 0.